The smallest absolute Gasteiger partial charge is 0.242 e. The summed E-state index contributed by atoms with van der Waals surface area (Å²) in [5, 5.41) is 0. The van der Waals surface area contributed by atoms with Crippen LogP contribution in [0.3, 0.4) is 0 Å². The zero-order chi connectivity index (χ0) is 14.5. The van der Waals surface area contributed by atoms with Gasteiger partial charge in [-0.2, -0.15) is 4.98 Å². The predicted octanol–water partition coefficient (Wildman–Crippen LogP) is 2.23. The summed E-state index contributed by atoms with van der Waals surface area (Å²) in [6.07, 6.45) is 1.44. The van der Waals surface area contributed by atoms with Crippen LogP contribution in [-0.4, -0.2) is 30.7 Å². The molecular formula is C14H18N4O2. The van der Waals surface area contributed by atoms with Crippen molar-refractivity contribution in [3.8, 4) is 11.6 Å². The van der Waals surface area contributed by atoms with Crippen molar-refractivity contribution in [1.82, 2.24) is 9.97 Å². The third kappa shape index (κ3) is 2.74. The van der Waals surface area contributed by atoms with E-state index < -0.39 is 0 Å². The Hall–Kier alpha value is -2.50. The number of nitrogens with zero attached hydrogens (tertiary/aromatic N) is 3. The molecule has 0 fully saturated rings. The van der Waals surface area contributed by atoms with Gasteiger partial charge in [-0.15, -0.1) is 0 Å². The largest absolute Gasteiger partial charge is 0.497 e. The maximum atomic E-state index is 6.06. The van der Waals surface area contributed by atoms with Gasteiger partial charge in [-0.25, -0.2) is 4.98 Å². The summed E-state index contributed by atoms with van der Waals surface area (Å²) in [7, 11) is 3.51. The van der Waals surface area contributed by atoms with Gasteiger partial charge in [0.15, 0.2) is 5.82 Å². The molecule has 0 aliphatic carbocycles. The van der Waals surface area contributed by atoms with Crippen molar-refractivity contribution in [3.05, 3.63) is 30.6 Å². The van der Waals surface area contributed by atoms with Crippen molar-refractivity contribution in [2.75, 3.05) is 31.4 Å². The van der Waals surface area contributed by atoms with Crippen molar-refractivity contribution < 1.29 is 9.47 Å². The monoisotopic (exact) mass is 274 g/mol. The molecule has 0 unspecified atom stereocenters. The highest BCUT2D eigenvalue weighted by atomic mass is 16.5. The number of anilines is 3. The van der Waals surface area contributed by atoms with E-state index in [0.29, 0.717) is 24.0 Å². The molecule has 0 bridgehead atoms. The van der Waals surface area contributed by atoms with Crippen molar-refractivity contribution in [2.45, 2.75) is 6.92 Å². The molecular weight excluding hydrogens is 256 g/mol. The van der Waals surface area contributed by atoms with Crippen molar-refractivity contribution in [3.63, 3.8) is 0 Å². The molecule has 2 rings (SSSR count). The fourth-order valence-corrected chi connectivity index (χ4v) is 1.83. The molecule has 0 atom stereocenters. The van der Waals surface area contributed by atoms with Crippen LogP contribution in [0.4, 0.5) is 17.2 Å². The maximum Gasteiger partial charge on any atom is 0.242 e. The van der Waals surface area contributed by atoms with E-state index in [4.69, 9.17) is 15.2 Å². The van der Waals surface area contributed by atoms with E-state index in [9.17, 15) is 0 Å². The minimum atomic E-state index is 0.396. The maximum absolute atomic E-state index is 6.06. The summed E-state index contributed by atoms with van der Waals surface area (Å²) in [6, 6.07) is 7.64. The number of hydrogen-bond acceptors (Lipinski definition) is 6. The Morgan fingerprint density at radius 2 is 2.10 bits per heavy atom. The van der Waals surface area contributed by atoms with Crippen LogP contribution in [-0.2, 0) is 0 Å². The molecule has 2 aromatic rings. The molecule has 0 saturated carbocycles. The molecule has 106 valence electrons. The van der Waals surface area contributed by atoms with E-state index in [2.05, 4.69) is 9.97 Å². The topological polar surface area (TPSA) is 73.5 Å². The van der Waals surface area contributed by atoms with Crippen molar-refractivity contribution in [1.29, 1.82) is 0 Å². The highest BCUT2D eigenvalue weighted by molar-refractivity contribution is 5.74. The first-order valence-corrected chi connectivity index (χ1v) is 6.28. The number of aromatic nitrogens is 2. The van der Waals surface area contributed by atoms with Gasteiger partial charge >= 0.3 is 0 Å². The lowest BCUT2D eigenvalue weighted by molar-refractivity contribution is 0.328. The predicted molar refractivity (Wildman–Crippen MR) is 78.7 cm³/mol. The van der Waals surface area contributed by atoms with Crippen LogP contribution in [0.1, 0.15) is 6.92 Å². The summed E-state index contributed by atoms with van der Waals surface area (Å²) in [5.41, 5.74) is 7.39. The Bertz CT molecular complexity index is 589. The van der Waals surface area contributed by atoms with Gasteiger partial charge in [0.05, 0.1) is 13.7 Å². The fourth-order valence-electron chi connectivity index (χ4n) is 1.83. The minimum Gasteiger partial charge on any atom is -0.497 e. The van der Waals surface area contributed by atoms with Crippen LogP contribution in [0.2, 0.25) is 0 Å². The number of methoxy groups -OCH3 is 1. The van der Waals surface area contributed by atoms with Crippen molar-refractivity contribution in [2.24, 2.45) is 0 Å². The number of nitrogen functional groups attached to an aromatic ring is 1. The average molecular weight is 274 g/mol. The minimum absolute atomic E-state index is 0.396. The van der Waals surface area contributed by atoms with E-state index in [-0.39, 0.29) is 0 Å². The van der Waals surface area contributed by atoms with Crippen molar-refractivity contribution >= 4 is 17.2 Å². The fraction of sp³-hybridized carbons (Fsp3) is 0.286. The lowest BCUT2D eigenvalue weighted by atomic mass is 10.2. The second-order valence-corrected chi connectivity index (χ2v) is 4.11. The average Bonchev–Trinajstić information content (AvgIpc) is 2.49. The summed E-state index contributed by atoms with van der Waals surface area (Å²) in [4.78, 5) is 10.1. The van der Waals surface area contributed by atoms with Crippen LogP contribution in [0, 0.1) is 0 Å². The zero-order valence-electron chi connectivity index (χ0n) is 11.8. The molecule has 1 aromatic heterocycles. The SMILES string of the molecule is CCOc1ncnc(N(C)c2cccc(OC)c2)c1N. The van der Waals surface area contributed by atoms with Crippen LogP contribution in [0.15, 0.2) is 30.6 Å². The molecule has 0 aliphatic heterocycles. The molecule has 2 N–H and O–H groups in total. The number of rotatable bonds is 5. The molecule has 0 radical (unpaired) electrons. The van der Waals surface area contributed by atoms with Crippen LogP contribution < -0.4 is 20.1 Å². The van der Waals surface area contributed by atoms with Gasteiger partial charge in [0.2, 0.25) is 5.88 Å². The highest BCUT2D eigenvalue weighted by Crippen LogP contribution is 2.32. The Morgan fingerprint density at radius 3 is 2.80 bits per heavy atom. The highest BCUT2D eigenvalue weighted by Gasteiger charge is 2.14. The first kappa shape index (κ1) is 13.9. The van der Waals surface area contributed by atoms with E-state index in [1.165, 1.54) is 6.33 Å². The van der Waals surface area contributed by atoms with Gasteiger partial charge < -0.3 is 20.1 Å². The van der Waals surface area contributed by atoms with Gasteiger partial charge in [-0.05, 0) is 19.1 Å². The Kier molecular flexibility index (Phi) is 4.24. The Labute approximate surface area is 118 Å². The normalized spacial score (nSPS) is 10.2. The van der Waals surface area contributed by atoms with Crippen LogP contribution >= 0.6 is 0 Å². The summed E-state index contributed by atoms with van der Waals surface area (Å²) in [6.45, 7) is 2.39. The molecule has 0 aliphatic rings. The molecule has 0 saturated heterocycles. The lowest BCUT2D eigenvalue weighted by Crippen LogP contribution is -2.15. The summed E-state index contributed by atoms with van der Waals surface area (Å²) in [5.74, 6) is 1.76. The Morgan fingerprint density at radius 1 is 1.30 bits per heavy atom. The molecule has 1 aromatic carbocycles. The van der Waals surface area contributed by atoms with Gasteiger partial charge in [0, 0.05) is 18.8 Å². The first-order valence-electron chi connectivity index (χ1n) is 6.28. The van der Waals surface area contributed by atoms with Crippen LogP contribution in [0.25, 0.3) is 0 Å². The van der Waals surface area contributed by atoms with Gasteiger partial charge in [-0.1, -0.05) is 6.07 Å². The zero-order valence-corrected chi connectivity index (χ0v) is 11.8. The summed E-state index contributed by atoms with van der Waals surface area (Å²) < 4.78 is 10.6. The van der Waals surface area contributed by atoms with E-state index >= 15 is 0 Å². The quantitative estimate of drug-likeness (QED) is 0.901. The van der Waals surface area contributed by atoms with Crippen LogP contribution in [0.5, 0.6) is 11.6 Å². The molecule has 0 amide bonds. The second-order valence-electron chi connectivity index (χ2n) is 4.11. The van der Waals surface area contributed by atoms with Gasteiger partial charge in [0.1, 0.15) is 17.8 Å². The molecule has 6 nitrogen and oxygen atoms in total. The molecule has 1 heterocycles. The third-order valence-electron chi connectivity index (χ3n) is 2.87. The molecule has 6 heteroatoms. The van der Waals surface area contributed by atoms with Gasteiger partial charge in [-0.3, -0.25) is 0 Å². The lowest BCUT2D eigenvalue weighted by Gasteiger charge is -2.21. The summed E-state index contributed by atoms with van der Waals surface area (Å²) >= 11 is 0. The number of nitrogens with two attached hydrogens (primary N) is 1. The number of benzene rings is 1. The standard InChI is InChI=1S/C14H18N4O2/c1-4-20-14-12(15)13(16-9-17-14)18(2)10-6-5-7-11(8-10)19-3/h5-9H,4,15H2,1-3H3. The molecule has 0 spiro atoms. The van der Waals surface area contributed by atoms with E-state index in [1.807, 2.05) is 43.1 Å². The Balaban J connectivity index is 2.37. The number of hydrogen-bond donors (Lipinski definition) is 1. The third-order valence-corrected chi connectivity index (χ3v) is 2.87. The first-order chi connectivity index (χ1) is 9.67. The van der Waals surface area contributed by atoms with Gasteiger partial charge in [0.25, 0.3) is 0 Å². The number of ether oxygens (including phenoxy) is 2. The second kappa shape index (κ2) is 6.10. The van der Waals surface area contributed by atoms with E-state index in [0.717, 1.165) is 11.4 Å². The molecule has 20 heavy (non-hydrogen) atoms. The van der Waals surface area contributed by atoms with E-state index in [1.54, 1.807) is 7.11 Å².